The Kier molecular flexibility index (Phi) is 5.66. The van der Waals surface area contributed by atoms with Crippen molar-refractivity contribution in [3.8, 4) is 0 Å². The molecule has 0 saturated heterocycles. The van der Waals surface area contributed by atoms with Crippen LogP contribution in [0.4, 0.5) is 5.69 Å². The van der Waals surface area contributed by atoms with E-state index in [0.717, 1.165) is 11.1 Å². The summed E-state index contributed by atoms with van der Waals surface area (Å²) in [6.45, 7) is 4.15. The first-order valence-corrected chi connectivity index (χ1v) is 10.1. The topological polar surface area (TPSA) is 71.4 Å². The number of hydrogen-bond acceptors (Lipinski definition) is 5. The number of pyridine rings is 1. The van der Waals surface area contributed by atoms with Crippen LogP contribution in [0, 0.1) is 0 Å². The zero-order chi connectivity index (χ0) is 19.3. The minimum Gasteiger partial charge on any atom is -0.279 e. The maximum atomic E-state index is 12.8. The maximum absolute atomic E-state index is 12.8. The van der Waals surface area contributed by atoms with Gasteiger partial charge in [0.15, 0.2) is 0 Å². The molecule has 27 heavy (non-hydrogen) atoms. The van der Waals surface area contributed by atoms with Gasteiger partial charge in [-0.15, -0.1) is 0 Å². The summed E-state index contributed by atoms with van der Waals surface area (Å²) in [6, 6.07) is 17.3. The molecule has 1 N–H and O–H groups in total. The number of nitrogens with zero attached hydrogens (tertiary/aromatic N) is 2. The Morgan fingerprint density at radius 2 is 1.44 bits per heavy atom. The highest BCUT2D eigenvalue weighted by Crippen LogP contribution is 2.24. The van der Waals surface area contributed by atoms with Gasteiger partial charge in [-0.25, -0.2) is 8.42 Å². The number of benzene rings is 2. The van der Waals surface area contributed by atoms with Crippen LogP contribution in [0.1, 0.15) is 30.9 Å². The van der Waals surface area contributed by atoms with Crippen molar-refractivity contribution in [3.05, 3.63) is 84.2 Å². The van der Waals surface area contributed by atoms with Crippen molar-refractivity contribution in [2.24, 2.45) is 5.10 Å². The molecule has 0 spiro atoms. The molecule has 0 bridgehead atoms. The van der Waals surface area contributed by atoms with Gasteiger partial charge in [-0.2, -0.15) is 5.10 Å². The zero-order valence-electron chi connectivity index (χ0n) is 15.2. The lowest BCUT2D eigenvalue weighted by Gasteiger charge is -2.09. The van der Waals surface area contributed by atoms with Gasteiger partial charge in [0.05, 0.1) is 21.7 Å². The van der Waals surface area contributed by atoms with Gasteiger partial charge in [-0.3, -0.25) is 10.4 Å². The number of hydrazone groups is 1. The number of hydrogen-bond donors (Lipinski definition) is 1. The summed E-state index contributed by atoms with van der Waals surface area (Å²) in [7, 11) is -3.53. The SMILES string of the molecule is CC(C)c1ccc(S(=O)(=O)c2ccc(N/N=C\c3ccncc3)cc2)cc1. The number of nitrogens with one attached hydrogen (secondary N) is 1. The summed E-state index contributed by atoms with van der Waals surface area (Å²) in [5.74, 6) is 0.361. The van der Waals surface area contributed by atoms with Gasteiger partial charge in [-0.05, 0) is 65.6 Å². The molecule has 5 nitrogen and oxygen atoms in total. The van der Waals surface area contributed by atoms with Crippen LogP contribution in [0.25, 0.3) is 0 Å². The molecule has 3 aromatic rings. The Bertz CT molecular complexity index is 1010. The van der Waals surface area contributed by atoms with Crippen molar-refractivity contribution in [2.45, 2.75) is 29.6 Å². The first-order chi connectivity index (χ1) is 13.0. The van der Waals surface area contributed by atoms with E-state index in [1.165, 1.54) is 0 Å². The second-order valence-corrected chi connectivity index (χ2v) is 8.35. The summed E-state index contributed by atoms with van der Waals surface area (Å²) in [6.07, 6.45) is 5.05. The van der Waals surface area contributed by atoms with Crippen LogP contribution in [-0.4, -0.2) is 19.6 Å². The van der Waals surface area contributed by atoms with Crippen molar-refractivity contribution in [2.75, 3.05) is 5.43 Å². The third-order valence-electron chi connectivity index (χ3n) is 4.14. The molecule has 2 aromatic carbocycles. The summed E-state index contributed by atoms with van der Waals surface area (Å²) < 4.78 is 25.5. The number of anilines is 1. The van der Waals surface area contributed by atoms with E-state index in [1.807, 2.05) is 24.3 Å². The van der Waals surface area contributed by atoms with Crippen molar-refractivity contribution in [1.82, 2.24) is 4.98 Å². The van der Waals surface area contributed by atoms with E-state index in [2.05, 4.69) is 29.4 Å². The quantitative estimate of drug-likeness (QED) is 0.506. The van der Waals surface area contributed by atoms with Crippen LogP contribution >= 0.6 is 0 Å². The molecular weight excluding hydrogens is 358 g/mol. The second-order valence-electron chi connectivity index (χ2n) is 6.40. The third kappa shape index (κ3) is 4.60. The summed E-state index contributed by atoms with van der Waals surface area (Å²) in [5.41, 5.74) is 5.62. The Morgan fingerprint density at radius 3 is 2.00 bits per heavy atom. The molecule has 0 aliphatic rings. The molecule has 1 heterocycles. The summed E-state index contributed by atoms with van der Waals surface area (Å²) >= 11 is 0. The Balaban J connectivity index is 1.73. The molecule has 0 saturated carbocycles. The standard InChI is InChI=1S/C21H21N3O2S/c1-16(2)18-3-7-20(8-4-18)27(25,26)21-9-5-19(6-10-21)24-23-15-17-11-13-22-14-12-17/h3-16,24H,1-2H3/b23-15-. The van der Waals surface area contributed by atoms with E-state index in [9.17, 15) is 8.42 Å². The van der Waals surface area contributed by atoms with Crippen LogP contribution in [0.15, 0.2) is 87.9 Å². The predicted molar refractivity (Wildman–Crippen MR) is 108 cm³/mol. The first kappa shape index (κ1) is 18.8. The predicted octanol–water partition coefficient (Wildman–Crippen LogP) is 4.48. The zero-order valence-corrected chi connectivity index (χ0v) is 16.0. The molecule has 0 aliphatic carbocycles. The van der Waals surface area contributed by atoms with Crippen LogP contribution in [-0.2, 0) is 9.84 Å². The highest BCUT2D eigenvalue weighted by atomic mass is 32.2. The molecule has 0 fully saturated rings. The maximum Gasteiger partial charge on any atom is 0.206 e. The van der Waals surface area contributed by atoms with Gasteiger partial charge in [0, 0.05) is 12.4 Å². The van der Waals surface area contributed by atoms with Crippen molar-refractivity contribution in [3.63, 3.8) is 0 Å². The lowest BCUT2D eigenvalue weighted by Crippen LogP contribution is -2.02. The fourth-order valence-corrected chi connectivity index (χ4v) is 3.77. The van der Waals surface area contributed by atoms with Crippen LogP contribution < -0.4 is 5.43 Å². The molecular formula is C21H21N3O2S. The molecule has 0 aliphatic heterocycles. The van der Waals surface area contributed by atoms with Gasteiger partial charge in [0.25, 0.3) is 0 Å². The molecule has 138 valence electrons. The highest BCUT2D eigenvalue weighted by molar-refractivity contribution is 7.91. The third-order valence-corrected chi connectivity index (χ3v) is 5.92. The number of sulfone groups is 1. The average molecular weight is 379 g/mol. The molecule has 3 rings (SSSR count). The van der Waals surface area contributed by atoms with Gasteiger partial charge in [0.1, 0.15) is 0 Å². The lowest BCUT2D eigenvalue weighted by molar-refractivity contribution is 0.596. The van der Waals surface area contributed by atoms with E-state index in [4.69, 9.17) is 0 Å². The Hall–Kier alpha value is -2.99. The van der Waals surface area contributed by atoms with Gasteiger partial charge in [0.2, 0.25) is 9.84 Å². The molecule has 0 amide bonds. The Morgan fingerprint density at radius 1 is 0.889 bits per heavy atom. The number of aromatic nitrogens is 1. The average Bonchev–Trinajstić information content (AvgIpc) is 2.69. The molecule has 1 aromatic heterocycles. The van der Waals surface area contributed by atoms with E-state index in [1.54, 1.807) is 55.0 Å². The normalized spacial score (nSPS) is 11.8. The fourth-order valence-electron chi connectivity index (χ4n) is 2.51. The van der Waals surface area contributed by atoms with Crippen molar-refractivity contribution < 1.29 is 8.42 Å². The second kappa shape index (κ2) is 8.14. The van der Waals surface area contributed by atoms with Gasteiger partial charge >= 0.3 is 0 Å². The Labute approximate surface area is 159 Å². The van der Waals surface area contributed by atoms with Gasteiger partial charge < -0.3 is 0 Å². The lowest BCUT2D eigenvalue weighted by atomic mass is 10.0. The molecule has 0 unspecified atom stereocenters. The van der Waals surface area contributed by atoms with Crippen LogP contribution in [0.2, 0.25) is 0 Å². The van der Waals surface area contributed by atoms with Crippen molar-refractivity contribution in [1.29, 1.82) is 0 Å². The van der Waals surface area contributed by atoms with E-state index in [-0.39, 0.29) is 4.90 Å². The molecule has 0 atom stereocenters. The molecule has 0 radical (unpaired) electrons. The summed E-state index contributed by atoms with van der Waals surface area (Å²) in [5, 5.41) is 4.14. The fraction of sp³-hybridized carbons (Fsp3) is 0.143. The summed E-state index contributed by atoms with van der Waals surface area (Å²) in [4.78, 5) is 4.49. The number of rotatable bonds is 6. The smallest absolute Gasteiger partial charge is 0.206 e. The van der Waals surface area contributed by atoms with Crippen LogP contribution in [0.5, 0.6) is 0 Å². The van der Waals surface area contributed by atoms with E-state index in [0.29, 0.717) is 16.5 Å². The van der Waals surface area contributed by atoms with Crippen LogP contribution in [0.3, 0.4) is 0 Å². The minimum atomic E-state index is -3.53. The monoisotopic (exact) mass is 379 g/mol. The highest BCUT2D eigenvalue weighted by Gasteiger charge is 2.17. The van der Waals surface area contributed by atoms with Gasteiger partial charge in [-0.1, -0.05) is 26.0 Å². The first-order valence-electron chi connectivity index (χ1n) is 8.61. The van der Waals surface area contributed by atoms with Crippen molar-refractivity contribution >= 4 is 21.7 Å². The van der Waals surface area contributed by atoms with E-state index >= 15 is 0 Å². The minimum absolute atomic E-state index is 0.253. The molecule has 6 heteroatoms. The largest absolute Gasteiger partial charge is 0.279 e. The van der Waals surface area contributed by atoms with E-state index < -0.39 is 9.84 Å².